The van der Waals surface area contributed by atoms with E-state index in [-0.39, 0.29) is 29.7 Å². The highest BCUT2D eigenvalue weighted by Crippen LogP contribution is 2.34. The first-order valence-electron chi connectivity index (χ1n) is 14.1. The maximum Gasteiger partial charge on any atom is 0.225 e. The van der Waals surface area contributed by atoms with E-state index in [0.717, 1.165) is 64.8 Å². The van der Waals surface area contributed by atoms with E-state index in [1.54, 1.807) is 6.92 Å². The second-order valence-corrected chi connectivity index (χ2v) is 11.5. The zero-order valence-corrected chi connectivity index (χ0v) is 21.7. The number of amides is 3. The predicted octanol–water partition coefficient (Wildman–Crippen LogP) is 3.07. The summed E-state index contributed by atoms with van der Waals surface area (Å²) in [7, 11) is 0. The van der Waals surface area contributed by atoms with Gasteiger partial charge in [-0.15, -0.1) is 0 Å². The Labute approximate surface area is 215 Å². The van der Waals surface area contributed by atoms with E-state index < -0.39 is 0 Å². The van der Waals surface area contributed by atoms with Crippen LogP contribution in [0.4, 0.5) is 0 Å². The number of piperidine rings is 1. The van der Waals surface area contributed by atoms with Crippen LogP contribution in [0.3, 0.4) is 0 Å². The molecule has 0 aromatic heterocycles. The maximum absolute atomic E-state index is 13.1. The van der Waals surface area contributed by atoms with Gasteiger partial charge in [-0.05, 0) is 49.5 Å². The summed E-state index contributed by atoms with van der Waals surface area (Å²) < 4.78 is 0. The zero-order valence-electron chi connectivity index (χ0n) is 21.7. The molecule has 2 unspecified atom stereocenters. The lowest BCUT2D eigenvalue weighted by Crippen LogP contribution is -2.44. The van der Waals surface area contributed by atoms with Gasteiger partial charge < -0.3 is 20.0 Å². The third-order valence-electron chi connectivity index (χ3n) is 9.14. The van der Waals surface area contributed by atoms with Gasteiger partial charge in [-0.2, -0.15) is 0 Å². The second-order valence-electron chi connectivity index (χ2n) is 11.5. The molecule has 5 rings (SSSR count). The summed E-state index contributed by atoms with van der Waals surface area (Å²) >= 11 is 0. The van der Waals surface area contributed by atoms with Gasteiger partial charge in [0.2, 0.25) is 17.7 Å². The molecular formula is C29H42N4O3. The number of benzene rings is 1. The molecule has 1 aliphatic carbocycles. The topological polar surface area (TPSA) is 73.0 Å². The normalized spacial score (nSPS) is 26.2. The fourth-order valence-corrected chi connectivity index (χ4v) is 6.95. The summed E-state index contributed by atoms with van der Waals surface area (Å²) in [5.41, 5.74) is 1.19. The number of carbonyl (C=O) groups excluding carboxylic acids is 3. The average Bonchev–Trinajstić information content (AvgIpc) is 3.64. The van der Waals surface area contributed by atoms with Crippen LogP contribution in [0.15, 0.2) is 30.3 Å². The molecule has 3 amide bonds. The van der Waals surface area contributed by atoms with Crippen LogP contribution in [0.25, 0.3) is 0 Å². The molecule has 3 heterocycles. The van der Waals surface area contributed by atoms with Crippen LogP contribution < -0.4 is 5.32 Å². The molecule has 0 radical (unpaired) electrons. The average molecular weight is 495 g/mol. The fraction of sp³-hybridized carbons (Fsp3) is 0.690. The molecule has 7 nitrogen and oxygen atoms in total. The van der Waals surface area contributed by atoms with Crippen LogP contribution in [0.1, 0.15) is 63.5 Å². The second kappa shape index (κ2) is 11.3. The Hall–Kier alpha value is -2.41. The lowest BCUT2D eigenvalue weighted by atomic mass is 9.95. The minimum atomic E-state index is 0.0543. The molecule has 0 bridgehead atoms. The van der Waals surface area contributed by atoms with Crippen LogP contribution >= 0.6 is 0 Å². The van der Waals surface area contributed by atoms with E-state index in [4.69, 9.17) is 0 Å². The largest absolute Gasteiger partial charge is 0.349 e. The van der Waals surface area contributed by atoms with Gasteiger partial charge in [0, 0.05) is 64.6 Å². The summed E-state index contributed by atoms with van der Waals surface area (Å²) in [4.78, 5) is 44.1. The van der Waals surface area contributed by atoms with Crippen molar-refractivity contribution in [2.24, 2.45) is 23.7 Å². The lowest BCUT2D eigenvalue weighted by Gasteiger charge is -2.33. The molecular weight excluding hydrogens is 452 g/mol. The van der Waals surface area contributed by atoms with Crippen molar-refractivity contribution in [2.75, 3.05) is 45.8 Å². The molecule has 4 aliphatic rings. The van der Waals surface area contributed by atoms with Crippen LogP contribution in [-0.2, 0) is 14.4 Å². The Morgan fingerprint density at radius 1 is 0.861 bits per heavy atom. The van der Waals surface area contributed by atoms with Crippen molar-refractivity contribution in [2.45, 2.75) is 57.9 Å². The van der Waals surface area contributed by atoms with Crippen molar-refractivity contribution in [3.05, 3.63) is 35.9 Å². The van der Waals surface area contributed by atoms with E-state index in [9.17, 15) is 14.4 Å². The molecule has 196 valence electrons. The Morgan fingerprint density at radius 2 is 1.50 bits per heavy atom. The van der Waals surface area contributed by atoms with Gasteiger partial charge in [0.1, 0.15) is 0 Å². The molecule has 3 aliphatic heterocycles. The van der Waals surface area contributed by atoms with Crippen molar-refractivity contribution >= 4 is 17.7 Å². The Kier molecular flexibility index (Phi) is 7.94. The van der Waals surface area contributed by atoms with E-state index in [2.05, 4.69) is 39.4 Å². The first-order chi connectivity index (χ1) is 17.5. The highest BCUT2D eigenvalue weighted by atomic mass is 16.2. The van der Waals surface area contributed by atoms with Crippen LogP contribution in [0.5, 0.6) is 0 Å². The number of hydrogen-bond acceptors (Lipinski definition) is 4. The number of fused-ring (bicyclic) bond motifs is 1. The lowest BCUT2D eigenvalue weighted by molar-refractivity contribution is -0.139. The molecule has 1 N–H and O–H groups in total. The van der Waals surface area contributed by atoms with Gasteiger partial charge in [-0.25, -0.2) is 0 Å². The summed E-state index contributed by atoms with van der Waals surface area (Å²) in [6.45, 7) is 7.81. The molecule has 3 saturated heterocycles. The highest BCUT2D eigenvalue weighted by Gasteiger charge is 2.43. The molecule has 4 fully saturated rings. The number of likely N-dealkylation sites (tertiary alicyclic amines) is 3. The van der Waals surface area contributed by atoms with Crippen LogP contribution in [0, 0.1) is 23.7 Å². The minimum Gasteiger partial charge on any atom is -0.349 e. The molecule has 1 saturated carbocycles. The van der Waals surface area contributed by atoms with Crippen molar-refractivity contribution in [3.8, 4) is 0 Å². The summed E-state index contributed by atoms with van der Waals surface area (Å²) in [5, 5.41) is 3.37. The third kappa shape index (κ3) is 5.77. The number of nitrogens with zero attached hydrogens (tertiary/aromatic N) is 3. The Morgan fingerprint density at radius 3 is 2.11 bits per heavy atom. The van der Waals surface area contributed by atoms with Crippen molar-refractivity contribution in [3.63, 3.8) is 0 Å². The zero-order chi connectivity index (χ0) is 25.1. The van der Waals surface area contributed by atoms with Gasteiger partial charge in [-0.3, -0.25) is 14.4 Å². The molecule has 36 heavy (non-hydrogen) atoms. The smallest absolute Gasteiger partial charge is 0.225 e. The van der Waals surface area contributed by atoms with Gasteiger partial charge >= 0.3 is 0 Å². The van der Waals surface area contributed by atoms with Gasteiger partial charge in [-0.1, -0.05) is 43.2 Å². The van der Waals surface area contributed by atoms with E-state index >= 15 is 0 Å². The van der Waals surface area contributed by atoms with Crippen molar-refractivity contribution in [1.82, 2.24) is 20.0 Å². The van der Waals surface area contributed by atoms with Crippen molar-refractivity contribution < 1.29 is 14.4 Å². The van der Waals surface area contributed by atoms with E-state index in [1.807, 2.05) is 11.0 Å². The third-order valence-corrected chi connectivity index (χ3v) is 9.14. The first-order valence-corrected chi connectivity index (χ1v) is 14.1. The fourth-order valence-electron chi connectivity index (χ4n) is 6.95. The number of nitrogens with one attached hydrogen (secondary N) is 1. The van der Waals surface area contributed by atoms with Crippen LogP contribution in [0.2, 0.25) is 0 Å². The first kappa shape index (κ1) is 25.2. The monoisotopic (exact) mass is 494 g/mol. The van der Waals surface area contributed by atoms with E-state index in [1.165, 1.54) is 18.4 Å². The van der Waals surface area contributed by atoms with E-state index in [0.29, 0.717) is 30.8 Å². The number of rotatable bonds is 7. The van der Waals surface area contributed by atoms with Crippen LogP contribution in [-0.4, -0.2) is 78.2 Å². The SMILES string of the molecule is CC(=O)N1CCC(C(=O)N2CC3CN(CC[C@H](NC(=O)C4CCCC4)c4ccccc4)CC3C2)CC1. The minimum absolute atomic E-state index is 0.0543. The van der Waals surface area contributed by atoms with Gasteiger partial charge in [0.25, 0.3) is 0 Å². The predicted molar refractivity (Wildman–Crippen MR) is 139 cm³/mol. The summed E-state index contributed by atoms with van der Waals surface area (Å²) in [5.74, 6) is 2.00. The van der Waals surface area contributed by atoms with Gasteiger partial charge in [0.15, 0.2) is 0 Å². The molecule has 7 heteroatoms. The Bertz CT molecular complexity index is 910. The van der Waals surface area contributed by atoms with Gasteiger partial charge in [0.05, 0.1) is 6.04 Å². The molecule has 0 spiro atoms. The number of hydrogen-bond donors (Lipinski definition) is 1. The molecule has 3 atom stereocenters. The summed E-state index contributed by atoms with van der Waals surface area (Å²) in [6.07, 6.45) is 6.89. The molecule has 1 aromatic carbocycles. The molecule has 1 aromatic rings. The number of carbonyl (C=O) groups is 3. The standard InChI is InChI=1S/C29H42N4O3/c1-21(34)32-15-11-24(12-16-32)29(36)33-19-25-17-31(18-26(25)20-33)14-13-27(22-7-3-2-4-8-22)30-28(35)23-9-5-6-10-23/h2-4,7-8,23-27H,5-6,9-20H2,1H3,(H,30,35)/t25?,26?,27-/m0/s1. The van der Waals surface area contributed by atoms with Crippen molar-refractivity contribution in [1.29, 1.82) is 0 Å². The Balaban J connectivity index is 1.10. The highest BCUT2D eigenvalue weighted by molar-refractivity contribution is 5.80. The summed E-state index contributed by atoms with van der Waals surface area (Å²) in [6, 6.07) is 10.4. The quantitative estimate of drug-likeness (QED) is 0.632. The maximum atomic E-state index is 13.1.